The van der Waals surface area contributed by atoms with Crippen LogP contribution in [0, 0.1) is 0 Å². The number of amidine groups is 1. The summed E-state index contributed by atoms with van der Waals surface area (Å²) in [5.41, 5.74) is 16.4. The minimum Gasteiger partial charge on any atom is -0.378 e. The standard InChI is InChI=1S/C6H13N7O2S3/c7-4(8)12-6-11-3(2-17-6)1-16-5(9)13-18(10,14)15/h2,6,11H,1H2,(H2,9,13)(H4,7,8,12)(H2,10,14,15). The Balaban J connectivity index is 2.43. The summed E-state index contributed by atoms with van der Waals surface area (Å²) in [4.78, 5) is 3.90. The van der Waals surface area contributed by atoms with Gasteiger partial charge in [0.05, 0.1) is 0 Å². The lowest BCUT2D eigenvalue weighted by Gasteiger charge is -2.08. The van der Waals surface area contributed by atoms with E-state index in [0.29, 0.717) is 5.75 Å². The first-order valence-corrected chi connectivity index (χ1v) is 7.90. The molecule has 1 unspecified atom stereocenters. The monoisotopic (exact) mass is 311 g/mol. The first-order chi connectivity index (χ1) is 8.26. The third-order valence-electron chi connectivity index (χ3n) is 1.51. The Kier molecular flexibility index (Phi) is 5.13. The van der Waals surface area contributed by atoms with Crippen LogP contribution in [-0.4, -0.2) is 30.8 Å². The van der Waals surface area contributed by atoms with E-state index in [0.717, 1.165) is 17.5 Å². The third kappa shape index (κ3) is 6.00. The van der Waals surface area contributed by atoms with Crippen LogP contribution in [0.15, 0.2) is 20.5 Å². The Hall–Kier alpha value is -1.11. The molecule has 0 fully saturated rings. The summed E-state index contributed by atoms with van der Waals surface area (Å²) >= 11 is 2.42. The highest BCUT2D eigenvalue weighted by Gasteiger charge is 2.16. The molecular formula is C6H13N7O2S3. The number of nitrogens with two attached hydrogens (primary N) is 4. The largest absolute Gasteiger partial charge is 0.378 e. The van der Waals surface area contributed by atoms with Crippen molar-refractivity contribution in [3.05, 3.63) is 11.1 Å². The predicted molar refractivity (Wildman–Crippen MR) is 75.6 cm³/mol. The highest BCUT2D eigenvalue weighted by Crippen LogP contribution is 2.23. The zero-order valence-electron chi connectivity index (χ0n) is 9.11. The molecule has 0 aromatic heterocycles. The maximum absolute atomic E-state index is 10.6. The van der Waals surface area contributed by atoms with Crippen molar-refractivity contribution in [1.82, 2.24) is 5.32 Å². The van der Waals surface area contributed by atoms with E-state index >= 15 is 0 Å². The molecule has 9 N–H and O–H groups in total. The molecule has 1 rings (SSSR count). The second-order valence-electron chi connectivity index (χ2n) is 3.06. The van der Waals surface area contributed by atoms with Crippen LogP contribution in [0.5, 0.6) is 0 Å². The van der Waals surface area contributed by atoms with Crippen LogP contribution in [0.4, 0.5) is 0 Å². The number of guanidine groups is 1. The first kappa shape index (κ1) is 14.9. The van der Waals surface area contributed by atoms with E-state index in [9.17, 15) is 8.42 Å². The molecule has 1 heterocycles. The van der Waals surface area contributed by atoms with E-state index in [1.54, 1.807) is 0 Å². The van der Waals surface area contributed by atoms with Gasteiger partial charge >= 0.3 is 10.2 Å². The van der Waals surface area contributed by atoms with Gasteiger partial charge in [0, 0.05) is 11.4 Å². The number of aliphatic imine (C=N–C) groups is 1. The molecule has 0 aromatic carbocycles. The Morgan fingerprint density at radius 2 is 2.17 bits per heavy atom. The van der Waals surface area contributed by atoms with Crippen molar-refractivity contribution in [1.29, 1.82) is 0 Å². The van der Waals surface area contributed by atoms with Gasteiger partial charge in [-0.3, -0.25) is 0 Å². The van der Waals surface area contributed by atoms with Gasteiger partial charge in [-0.15, -0.1) is 4.40 Å². The van der Waals surface area contributed by atoms with E-state index in [1.807, 2.05) is 5.41 Å². The average Bonchev–Trinajstić information content (AvgIpc) is 2.59. The summed E-state index contributed by atoms with van der Waals surface area (Å²) in [6, 6.07) is 0. The van der Waals surface area contributed by atoms with Gasteiger partial charge < -0.3 is 22.5 Å². The van der Waals surface area contributed by atoms with Gasteiger partial charge in [-0.05, 0) is 5.41 Å². The lowest BCUT2D eigenvalue weighted by Crippen LogP contribution is -2.29. The smallest absolute Gasteiger partial charge is 0.319 e. The second kappa shape index (κ2) is 6.17. The summed E-state index contributed by atoms with van der Waals surface area (Å²) in [5, 5.41) is 9.40. The number of rotatable bonds is 4. The van der Waals surface area contributed by atoms with Crippen molar-refractivity contribution < 1.29 is 8.42 Å². The Bertz CT molecular complexity index is 493. The van der Waals surface area contributed by atoms with Crippen LogP contribution in [0.25, 0.3) is 0 Å². The van der Waals surface area contributed by atoms with E-state index in [-0.39, 0.29) is 16.6 Å². The zero-order chi connectivity index (χ0) is 13.8. The summed E-state index contributed by atoms with van der Waals surface area (Å²) in [7, 11) is -3.95. The molecule has 0 aromatic rings. The second-order valence-corrected chi connectivity index (χ2v) is 6.23. The average molecular weight is 311 g/mol. The lowest BCUT2D eigenvalue weighted by atomic mass is 10.6. The van der Waals surface area contributed by atoms with Crippen molar-refractivity contribution in [2.24, 2.45) is 31.7 Å². The molecular weight excluding hydrogens is 298 g/mol. The van der Waals surface area contributed by atoms with Gasteiger partial charge in [0.15, 0.2) is 16.6 Å². The Morgan fingerprint density at radius 1 is 1.50 bits per heavy atom. The first-order valence-electron chi connectivity index (χ1n) is 4.47. The molecule has 102 valence electrons. The molecule has 0 saturated carbocycles. The summed E-state index contributed by atoms with van der Waals surface area (Å²) < 4.78 is 24.4. The van der Waals surface area contributed by atoms with E-state index < -0.39 is 10.2 Å². The van der Waals surface area contributed by atoms with Gasteiger partial charge in [0.1, 0.15) is 0 Å². The van der Waals surface area contributed by atoms with Crippen molar-refractivity contribution in [3.8, 4) is 0 Å². The maximum atomic E-state index is 10.6. The molecule has 1 aliphatic heterocycles. The number of thioether (sulfide) groups is 2. The topological polar surface area (TPSA) is 175 Å². The van der Waals surface area contributed by atoms with Crippen LogP contribution >= 0.6 is 23.5 Å². The normalized spacial score (nSPS) is 20.2. The molecule has 18 heavy (non-hydrogen) atoms. The molecule has 0 radical (unpaired) electrons. The van der Waals surface area contributed by atoms with E-state index in [2.05, 4.69) is 14.7 Å². The molecule has 0 spiro atoms. The molecule has 0 bridgehead atoms. The Labute approximate surface area is 113 Å². The lowest BCUT2D eigenvalue weighted by molar-refractivity contribution is 0.600. The minimum atomic E-state index is -3.95. The van der Waals surface area contributed by atoms with E-state index in [4.69, 9.17) is 22.3 Å². The summed E-state index contributed by atoms with van der Waals surface area (Å²) in [6.07, 6.45) is 0. The number of nitrogens with one attached hydrogen (secondary N) is 1. The highest BCUT2D eigenvalue weighted by molar-refractivity contribution is 8.14. The van der Waals surface area contributed by atoms with Crippen LogP contribution in [0.2, 0.25) is 0 Å². The minimum absolute atomic E-state index is 0.0161. The van der Waals surface area contributed by atoms with Crippen molar-refractivity contribution in [3.63, 3.8) is 0 Å². The summed E-state index contributed by atoms with van der Waals surface area (Å²) in [5.74, 6) is 0.395. The summed E-state index contributed by atoms with van der Waals surface area (Å²) in [6.45, 7) is 0. The number of nitrogens with zero attached hydrogens (tertiary/aromatic N) is 2. The molecule has 0 saturated heterocycles. The fourth-order valence-corrected chi connectivity index (χ4v) is 3.15. The van der Waals surface area contributed by atoms with Gasteiger partial charge in [-0.2, -0.15) is 8.42 Å². The van der Waals surface area contributed by atoms with Crippen LogP contribution in [0.1, 0.15) is 0 Å². The maximum Gasteiger partial charge on any atom is 0.319 e. The predicted octanol–water partition coefficient (Wildman–Crippen LogP) is -2.03. The molecule has 9 nitrogen and oxygen atoms in total. The number of hydrogen-bond acceptors (Lipinski definition) is 6. The fraction of sp³-hybridized carbons (Fsp3) is 0.333. The molecule has 1 aliphatic rings. The zero-order valence-corrected chi connectivity index (χ0v) is 11.6. The van der Waals surface area contributed by atoms with Crippen molar-refractivity contribution >= 4 is 44.9 Å². The fourth-order valence-electron chi connectivity index (χ4n) is 0.950. The van der Waals surface area contributed by atoms with Gasteiger partial charge in [0.25, 0.3) is 0 Å². The molecule has 1 atom stereocenters. The van der Waals surface area contributed by atoms with Gasteiger partial charge in [0.2, 0.25) is 0 Å². The van der Waals surface area contributed by atoms with Crippen LogP contribution in [-0.2, 0) is 10.2 Å². The quantitative estimate of drug-likeness (QED) is 0.292. The van der Waals surface area contributed by atoms with Crippen LogP contribution < -0.4 is 27.7 Å². The van der Waals surface area contributed by atoms with Crippen molar-refractivity contribution in [2.75, 3.05) is 5.75 Å². The molecule has 0 aliphatic carbocycles. The van der Waals surface area contributed by atoms with Gasteiger partial charge in [-0.25, -0.2) is 10.1 Å². The highest BCUT2D eigenvalue weighted by atomic mass is 32.2. The molecule has 0 amide bonds. The molecule has 12 heteroatoms. The third-order valence-corrected chi connectivity index (χ3v) is 3.82. The Morgan fingerprint density at radius 3 is 2.72 bits per heavy atom. The van der Waals surface area contributed by atoms with Crippen molar-refractivity contribution in [2.45, 2.75) is 5.50 Å². The van der Waals surface area contributed by atoms with Gasteiger partial charge in [-0.1, -0.05) is 23.5 Å². The van der Waals surface area contributed by atoms with E-state index in [1.165, 1.54) is 11.8 Å². The number of hydrogen-bond donors (Lipinski definition) is 5. The SMILES string of the molecule is NC(N)=NC1NC(CSC(N)=NS(N)(=O)=O)=CS1. The van der Waals surface area contributed by atoms with Crippen LogP contribution in [0.3, 0.4) is 0 Å².